The number of hydrogen-bond donors (Lipinski definition) is 1. The third-order valence-corrected chi connectivity index (χ3v) is 3.22. The van der Waals surface area contributed by atoms with Crippen LogP contribution >= 0.6 is 0 Å². The minimum Gasteiger partial charge on any atom is -0.349 e. The fourth-order valence-electron chi connectivity index (χ4n) is 1.97. The van der Waals surface area contributed by atoms with Gasteiger partial charge in [-0.1, -0.05) is 42.0 Å². The van der Waals surface area contributed by atoms with E-state index in [1.807, 2.05) is 36.4 Å². The van der Waals surface area contributed by atoms with Crippen LogP contribution in [0, 0.1) is 0 Å². The average molecular weight is 256 g/mol. The minimum absolute atomic E-state index is 0.0383. The van der Waals surface area contributed by atoms with Gasteiger partial charge in [-0.05, 0) is 25.1 Å². The first kappa shape index (κ1) is 13.6. The second-order valence-electron chi connectivity index (χ2n) is 4.84. The van der Waals surface area contributed by atoms with Crippen LogP contribution in [0.25, 0.3) is 6.08 Å². The molecule has 1 aliphatic heterocycles. The molecule has 2 rings (SSSR count). The Kier molecular flexibility index (Phi) is 4.93. The monoisotopic (exact) mass is 256 g/mol. The Balaban J connectivity index is 1.77. The topological polar surface area (TPSA) is 32.3 Å². The Morgan fingerprint density at radius 1 is 1.37 bits per heavy atom. The van der Waals surface area contributed by atoms with Gasteiger partial charge in [0.1, 0.15) is 0 Å². The Labute approximate surface area is 114 Å². The third kappa shape index (κ3) is 4.72. The summed E-state index contributed by atoms with van der Waals surface area (Å²) in [6.45, 7) is 2.71. The van der Waals surface area contributed by atoms with E-state index in [1.165, 1.54) is 5.57 Å². The first-order chi connectivity index (χ1) is 9.24. The van der Waals surface area contributed by atoms with E-state index < -0.39 is 0 Å². The van der Waals surface area contributed by atoms with Crippen LogP contribution in [0.1, 0.15) is 12.0 Å². The second kappa shape index (κ2) is 6.90. The van der Waals surface area contributed by atoms with E-state index in [4.69, 9.17) is 0 Å². The van der Waals surface area contributed by atoms with E-state index in [-0.39, 0.29) is 5.91 Å². The predicted molar refractivity (Wildman–Crippen MR) is 78.7 cm³/mol. The van der Waals surface area contributed by atoms with Gasteiger partial charge in [0.2, 0.25) is 5.91 Å². The number of nitrogens with zero attached hydrogens (tertiary/aromatic N) is 1. The minimum atomic E-state index is -0.0383. The van der Waals surface area contributed by atoms with Crippen molar-refractivity contribution >= 4 is 12.0 Å². The molecule has 1 amide bonds. The van der Waals surface area contributed by atoms with E-state index >= 15 is 0 Å². The molecule has 0 unspecified atom stereocenters. The molecule has 0 aromatic heterocycles. The molecule has 0 atom stereocenters. The quantitative estimate of drug-likeness (QED) is 0.661. The zero-order chi connectivity index (χ0) is 13.5. The largest absolute Gasteiger partial charge is 0.349 e. The third-order valence-electron chi connectivity index (χ3n) is 3.22. The Hall–Kier alpha value is -1.87. The van der Waals surface area contributed by atoms with E-state index in [9.17, 15) is 4.79 Å². The number of carbonyl (C=O) groups is 1. The summed E-state index contributed by atoms with van der Waals surface area (Å²) in [4.78, 5) is 14.0. The summed E-state index contributed by atoms with van der Waals surface area (Å²) in [5.74, 6) is -0.0383. The molecular formula is C16H20N2O. The standard InChI is InChI=1S/C16H20N2O/c1-18-11-9-15(10-12-18)13-17-16(19)8-7-14-5-3-2-4-6-14/h2-9H,10-13H2,1H3,(H,17,19)/b8-7+. The van der Waals surface area contributed by atoms with Gasteiger partial charge in [-0.3, -0.25) is 4.79 Å². The first-order valence-corrected chi connectivity index (χ1v) is 6.61. The Bertz CT molecular complexity index is 477. The maximum atomic E-state index is 11.7. The summed E-state index contributed by atoms with van der Waals surface area (Å²) < 4.78 is 0. The summed E-state index contributed by atoms with van der Waals surface area (Å²) >= 11 is 0. The maximum absolute atomic E-state index is 11.7. The lowest BCUT2D eigenvalue weighted by Gasteiger charge is -2.21. The molecule has 1 aromatic rings. The number of amides is 1. The van der Waals surface area contributed by atoms with Crippen molar-refractivity contribution in [2.24, 2.45) is 0 Å². The highest BCUT2D eigenvalue weighted by atomic mass is 16.1. The van der Waals surface area contributed by atoms with Crippen molar-refractivity contribution in [1.29, 1.82) is 0 Å². The van der Waals surface area contributed by atoms with Crippen molar-refractivity contribution in [1.82, 2.24) is 10.2 Å². The maximum Gasteiger partial charge on any atom is 0.244 e. The van der Waals surface area contributed by atoms with Gasteiger partial charge in [-0.15, -0.1) is 0 Å². The van der Waals surface area contributed by atoms with Crippen LogP contribution in [0.4, 0.5) is 0 Å². The van der Waals surface area contributed by atoms with E-state index in [0.29, 0.717) is 6.54 Å². The van der Waals surface area contributed by atoms with Gasteiger partial charge in [0.05, 0.1) is 0 Å². The molecule has 100 valence electrons. The molecule has 1 N–H and O–H groups in total. The molecular weight excluding hydrogens is 236 g/mol. The highest BCUT2D eigenvalue weighted by Gasteiger charge is 2.07. The number of likely N-dealkylation sites (N-methyl/N-ethyl adjacent to an activating group) is 1. The van der Waals surface area contributed by atoms with Crippen LogP contribution in [-0.2, 0) is 4.79 Å². The molecule has 0 radical (unpaired) electrons. The Morgan fingerprint density at radius 2 is 2.16 bits per heavy atom. The van der Waals surface area contributed by atoms with Crippen molar-refractivity contribution in [3.8, 4) is 0 Å². The zero-order valence-corrected chi connectivity index (χ0v) is 11.3. The molecule has 0 aliphatic carbocycles. The highest BCUT2D eigenvalue weighted by molar-refractivity contribution is 5.91. The molecule has 0 bridgehead atoms. The molecule has 19 heavy (non-hydrogen) atoms. The van der Waals surface area contributed by atoms with Crippen LogP contribution in [0.2, 0.25) is 0 Å². The summed E-state index contributed by atoms with van der Waals surface area (Å²) in [6.07, 6.45) is 6.66. The van der Waals surface area contributed by atoms with Crippen LogP contribution in [0.3, 0.4) is 0 Å². The molecule has 0 saturated heterocycles. The van der Waals surface area contributed by atoms with Gasteiger partial charge < -0.3 is 10.2 Å². The molecule has 1 aromatic carbocycles. The molecule has 0 saturated carbocycles. The van der Waals surface area contributed by atoms with Crippen LogP contribution in [0.15, 0.2) is 48.1 Å². The molecule has 3 nitrogen and oxygen atoms in total. The number of benzene rings is 1. The summed E-state index contributed by atoms with van der Waals surface area (Å²) in [6, 6.07) is 9.83. The summed E-state index contributed by atoms with van der Waals surface area (Å²) in [5, 5.41) is 2.92. The summed E-state index contributed by atoms with van der Waals surface area (Å²) in [7, 11) is 2.11. The van der Waals surface area contributed by atoms with E-state index in [2.05, 4.69) is 23.3 Å². The van der Waals surface area contributed by atoms with Gasteiger partial charge in [-0.2, -0.15) is 0 Å². The predicted octanol–water partition coefficient (Wildman–Crippen LogP) is 2.08. The average Bonchev–Trinajstić information content (AvgIpc) is 2.45. The van der Waals surface area contributed by atoms with E-state index in [1.54, 1.807) is 6.08 Å². The number of rotatable bonds is 4. The van der Waals surface area contributed by atoms with E-state index in [0.717, 1.165) is 25.1 Å². The number of nitrogens with one attached hydrogen (secondary N) is 1. The lowest BCUT2D eigenvalue weighted by Crippen LogP contribution is -2.29. The van der Waals surface area contributed by atoms with Gasteiger partial charge >= 0.3 is 0 Å². The fourth-order valence-corrected chi connectivity index (χ4v) is 1.97. The molecule has 1 heterocycles. The van der Waals surface area contributed by atoms with Crippen molar-refractivity contribution in [2.75, 3.05) is 26.7 Å². The summed E-state index contributed by atoms with van der Waals surface area (Å²) in [5.41, 5.74) is 2.36. The normalized spacial score (nSPS) is 16.4. The van der Waals surface area contributed by atoms with Crippen molar-refractivity contribution in [2.45, 2.75) is 6.42 Å². The molecule has 0 fully saturated rings. The number of hydrogen-bond acceptors (Lipinski definition) is 2. The Morgan fingerprint density at radius 3 is 2.84 bits per heavy atom. The SMILES string of the molecule is CN1CC=C(CNC(=O)/C=C/c2ccccc2)CC1. The van der Waals surface area contributed by atoms with Gasteiger partial charge in [0.15, 0.2) is 0 Å². The molecule has 1 aliphatic rings. The van der Waals surface area contributed by atoms with Crippen LogP contribution < -0.4 is 5.32 Å². The first-order valence-electron chi connectivity index (χ1n) is 6.61. The smallest absolute Gasteiger partial charge is 0.244 e. The van der Waals surface area contributed by atoms with Gasteiger partial charge in [0, 0.05) is 25.7 Å². The fraction of sp³-hybridized carbons (Fsp3) is 0.312. The molecule has 0 spiro atoms. The highest BCUT2D eigenvalue weighted by Crippen LogP contribution is 2.07. The van der Waals surface area contributed by atoms with Gasteiger partial charge in [-0.25, -0.2) is 0 Å². The van der Waals surface area contributed by atoms with Gasteiger partial charge in [0.25, 0.3) is 0 Å². The van der Waals surface area contributed by atoms with Crippen molar-refractivity contribution < 1.29 is 4.79 Å². The van der Waals surface area contributed by atoms with Crippen molar-refractivity contribution in [3.63, 3.8) is 0 Å². The lowest BCUT2D eigenvalue weighted by molar-refractivity contribution is -0.116. The molecule has 3 heteroatoms. The lowest BCUT2D eigenvalue weighted by atomic mass is 10.1. The number of carbonyl (C=O) groups excluding carboxylic acids is 1. The zero-order valence-electron chi connectivity index (χ0n) is 11.3. The van der Waals surface area contributed by atoms with Crippen molar-refractivity contribution in [3.05, 3.63) is 53.6 Å². The second-order valence-corrected chi connectivity index (χ2v) is 4.84. The van der Waals surface area contributed by atoms with Crippen LogP contribution in [0.5, 0.6) is 0 Å². The van der Waals surface area contributed by atoms with Crippen LogP contribution in [-0.4, -0.2) is 37.5 Å².